The van der Waals surface area contributed by atoms with E-state index in [4.69, 9.17) is 11.5 Å². The molecule has 1 aromatic carbocycles. The van der Waals surface area contributed by atoms with Gasteiger partial charge < -0.3 is 27.1 Å². The molecular formula is C16H17N5O4. The van der Waals surface area contributed by atoms with E-state index < -0.39 is 17.7 Å². The Hall–Kier alpha value is -3.62. The van der Waals surface area contributed by atoms with E-state index in [1.54, 1.807) is 24.3 Å². The van der Waals surface area contributed by atoms with Crippen LogP contribution in [0.3, 0.4) is 0 Å². The minimum atomic E-state index is -0.649. The Labute approximate surface area is 142 Å². The SMILES string of the molecule is NC(=O)CNC(=O)c1ccc(CNC(=O)c2c[nH]c(C(N)=O)c2)cc1. The summed E-state index contributed by atoms with van der Waals surface area (Å²) in [6.45, 7) is -0.000297. The number of hydrogen-bond acceptors (Lipinski definition) is 4. The van der Waals surface area contributed by atoms with Crippen LogP contribution in [0.15, 0.2) is 36.5 Å². The first-order valence-electron chi connectivity index (χ1n) is 7.28. The standard InChI is InChI=1S/C16H17N5O4/c17-13(22)8-21-15(24)10-3-1-9(2-4-10)6-20-16(25)11-5-12(14(18)23)19-7-11/h1-5,7,19H,6,8H2,(H2,17,22)(H2,18,23)(H,20,25)(H,21,24). The highest BCUT2D eigenvalue weighted by Crippen LogP contribution is 2.06. The van der Waals surface area contributed by atoms with Crippen LogP contribution in [0.4, 0.5) is 0 Å². The Morgan fingerprint density at radius 1 is 0.920 bits per heavy atom. The number of hydrogen-bond donors (Lipinski definition) is 5. The topological polar surface area (TPSA) is 160 Å². The van der Waals surface area contributed by atoms with E-state index in [1.807, 2.05) is 0 Å². The molecule has 25 heavy (non-hydrogen) atoms. The van der Waals surface area contributed by atoms with Crippen molar-refractivity contribution in [2.24, 2.45) is 11.5 Å². The fourth-order valence-corrected chi connectivity index (χ4v) is 2.00. The van der Waals surface area contributed by atoms with Gasteiger partial charge in [0.05, 0.1) is 12.1 Å². The first-order chi connectivity index (χ1) is 11.9. The number of nitrogens with one attached hydrogen (secondary N) is 3. The average molecular weight is 343 g/mol. The van der Waals surface area contributed by atoms with Gasteiger partial charge in [0.15, 0.2) is 0 Å². The predicted octanol–water partition coefficient (Wildman–Crippen LogP) is -0.741. The number of amides is 4. The van der Waals surface area contributed by atoms with E-state index in [1.165, 1.54) is 12.3 Å². The summed E-state index contributed by atoms with van der Waals surface area (Å²) in [5.74, 6) is -2.06. The molecule has 0 bridgehead atoms. The minimum Gasteiger partial charge on any atom is -0.368 e. The number of H-pyrrole nitrogens is 1. The van der Waals surface area contributed by atoms with E-state index in [2.05, 4.69) is 15.6 Å². The van der Waals surface area contributed by atoms with Crippen LogP contribution in [0.25, 0.3) is 0 Å². The van der Waals surface area contributed by atoms with Crippen LogP contribution in [0.2, 0.25) is 0 Å². The van der Waals surface area contributed by atoms with Gasteiger partial charge in [0.2, 0.25) is 5.91 Å². The highest BCUT2D eigenvalue weighted by Gasteiger charge is 2.11. The summed E-state index contributed by atoms with van der Waals surface area (Å²) >= 11 is 0. The molecule has 1 heterocycles. The number of aromatic nitrogens is 1. The van der Waals surface area contributed by atoms with Gasteiger partial charge in [-0.05, 0) is 23.8 Å². The lowest BCUT2D eigenvalue weighted by Crippen LogP contribution is -2.33. The second kappa shape index (κ2) is 7.77. The molecule has 0 unspecified atom stereocenters. The smallest absolute Gasteiger partial charge is 0.265 e. The number of aromatic amines is 1. The lowest BCUT2D eigenvalue weighted by atomic mass is 10.1. The third-order valence-corrected chi connectivity index (χ3v) is 3.30. The Bertz CT molecular complexity index is 810. The fraction of sp³-hybridized carbons (Fsp3) is 0.125. The molecule has 0 atom stereocenters. The van der Waals surface area contributed by atoms with Crippen molar-refractivity contribution in [1.29, 1.82) is 0 Å². The Morgan fingerprint density at radius 3 is 2.12 bits per heavy atom. The highest BCUT2D eigenvalue weighted by atomic mass is 16.2. The Balaban J connectivity index is 1.90. The Kier molecular flexibility index (Phi) is 5.51. The highest BCUT2D eigenvalue weighted by molar-refractivity contribution is 5.98. The molecule has 4 amide bonds. The van der Waals surface area contributed by atoms with Crippen molar-refractivity contribution < 1.29 is 19.2 Å². The maximum Gasteiger partial charge on any atom is 0.265 e. The number of carbonyl (C=O) groups excluding carboxylic acids is 4. The molecule has 0 radical (unpaired) electrons. The fourth-order valence-electron chi connectivity index (χ4n) is 2.00. The van der Waals surface area contributed by atoms with Gasteiger partial charge in [-0.2, -0.15) is 0 Å². The van der Waals surface area contributed by atoms with Crippen LogP contribution in [0, 0.1) is 0 Å². The lowest BCUT2D eigenvalue weighted by molar-refractivity contribution is -0.117. The van der Waals surface area contributed by atoms with E-state index in [0.29, 0.717) is 5.56 Å². The Morgan fingerprint density at radius 2 is 1.56 bits per heavy atom. The first-order valence-corrected chi connectivity index (χ1v) is 7.28. The summed E-state index contributed by atoms with van der Waals surface area (Å²) in [4.78, 5) is 48.0. The van der Waals surface area contributed by atoms with Crippen molar-refractivity contribution in [2.45, 2.75) is 6.54 Å². The molecule has 2 aromatic rings. The van der Waals surface area contributed by atoms with Crippen molar-refractivity contribution >= 4 is 23.6 Å². The molecule has 0 aliphatic carbocycles. The van der Waals surface area contributed by atoms with Gasteiger partial charge in [-0.3, -0.25) is 19.2 Å². The van der Waals surface area contributed by atoms with Gasteiger partial charge in [0, 0.05) is 18.3 Å². The van der Waals surface area contributed by atoms with Crippen molar-refractivity contribution in [3.63, 3.8) is 0 Å². The van der Waals surface area contributed by atoms with Gasteiger partial charge in [-0.1, -0.05) is 12.1 Å². The first kappa shape index (κ1) is 17.7. The van der Waals surface area contributed by atoms with Crippen LogP contribution in [0.1, 0.15) is 36.8 Å². The monoisotopic (exact) mass is 343 g/mol. The number of primary amides is 2. The molecular weight excluding hydrogens is 326 g/mol. The van der Waals surface area contributed by atoms with Crippen LogP contribution in [-0.4, -0.2) is 35.2 Å². The van der Waals surface area contributed by atoms with E-state index >= 15 is 0 Å². The zero-order chi connectivity index (χ0) is 18.4. The zero-order valence-electron chi connectivity index (χ0n) is 13.2. The summed E-state index contributed by atoms with van der Waals surface area (Å²) in [6, 6.07) is 7.85. The lowest BCUT2D eigenvalue weighted by Gasteiger charge is -2.06. The molecule has 9 nitrogen and oxygen atoms in total. The largest absolute Gasteiger partial charge is 0.368 e. The molecule has 9 heteroatoms. The molecule has 0 saturated carbocycles. The van der Waals surface area contributed by atoms with Crippen molar-refractivity contribution in [2.75, 3.05) is 6.54 Å². The molecule has 0 aliphatic heterocycles. The molecule has 130 valence electrons. The van der Waals surface area contributed by atoms with Gasteiger partial charge >= 0.3 is 0 Å². The molecule has 1 aromatic heterocycles. The van der Waals surface area contributed by atoms with Crippen molar-refractivity contribution in [1.82, 2.24) is 15.6 Å². The summed E-state index contributed by atoms with van der Waals surface area (Å²) in [7, 11) is 0. The van der Waals surface area contributed by atoms with Crippen LogP contribution < -0.4 is 22.1 Å². The van der Waals surface area contributed by atoms with Crippen molar-refractivity contribution in [3.05, 3.63) is 58.9 Å². The maximum atomic E-state index is 12.0. The van der Waals surface area contributed by atoms with Gasteiger partial charge in [0.1, 0.15) is 5.69 Å². The predicted molar refractivity (Wildman–Crippen MR) is 88.5 cm³/mol. The number of carbonyl (C=O) groups is 4. The van der Waals surface area contributed by atoms with Crippen LogP contribution >= 0.6 is 0 Å². The number of nitrogens with two attached hydrogens (primary N) is 2. The summed E-state index contributed by atoms with van der Waals surface area (Å²) in [6.07, 6.45) is 1.39. The quantitative estimate of drug-likeness (QED) is 0.448. The van der Waals surface area contributed by atoms with Gasteiger partial charge in [-0.15, -0.1) is 0 Å². The second-order valence-corrected chi connectivity index (χ2v) is 5.19. The normalized spacial score (nSPS) is 10.1. The summed E-state index contributed by atoms with van der Waals surface area (Å²) < 4.78 is 0. The number of rotatable bonds is 7. The molecule has 2 rings (SSSR count). The third-order valence-electron chi connectivity index (χ3n) is 3.30. The van der Waals surface area contributed by atoms with E-state index in [-0.39, 0.29) is 30.3 Å². The number of benzene rings is 1. The maximum absolute atomic E-state index is 12.0. The molecule has 0 fully saturated rings. The summed E-state index contributed by atoms with van der Waals surface area (Å²) in [5, 5.41) is 5.06. The van der Waals surface area contributed by atoms with Crippen LogP contribution in [-0.2, 0) is 11.3 Å². The average Bonchev–Trinajstić information content (AvgIpc) is 3.08. The molecule has 0 saturated heterocycles. The van der Waals surface area contributed by atoms with Crippen LogP contribution in [0.5, 0.6) is 0 Å². The minimum absolute atomic E-state index is 0.150. The van der Waals surface area contributed by atoms with Crippen molar-refractivity contribution in [3.8, 4) is 0 Å². The zero-order valence-corrected chi connectivity index (χ0v) is 13.2. The molecule has 7 N–H and O–H groups in total. The van der Waals surface area contributed by atoms with Gasteiger partial charge in [0.25, 0.3) is 17.7 Å². The second-order valence-electron chi connectivity index (χ2n) is 5.19. The molecule has 0 aliphatic rings. The van der Waals surface area contributed by atoms with E-state index in [0.717, 1.165) is 5.56 Å². The molecule has 0 spiro atoms. The van der Waals surface area contributed by atoms with Gasteiger partial charge in [-0.25, -0.2) is 0 Å². The third kappa shape index (κ3) is 4.93. The summed E-state index contributed by atoms with van der Waals surface area (Å²) in [5.41, 5.74) is 11.6. The van der Waals surface area contributed by atoms with E-state index in [9.17, 15) is 19.2 Å².